The highest BCUT2D eigenvalue weighted by Gasteiger charge is 2.19. The molecule has 0 atom stereocenters. The van der Waals surface area contributed by atoms with Gasteiger partial charge in [0.15, 0.2) is 16.0 Å². The fraction of sp³-hybridized carbons (Fsp3) is 0.286. The maximum Gasteiger partial charge on any atom is 0.191 e. The van der Waals surface area contributed by atoms with E-state index in [4.69, 9.17) is 5.26 Å². The molecule has 4 nitrogen and oxygen atoms in total. The van der Waals surface area contributed by atoms with Gasteiger partial charge in [0.1, 0.15) is 5.03 Å². The van der Waals surface area contributed by atoms with E-state index in [1.54, 1.807) is 18.3 Å². The molecule has 1 heterocycles. The van der Waals surface area contributed by atoms with Crippen LogP contribution in [0.5, 0.6) is 0 Å². The first kappa shape index (κ1) is 8.81. The minimum absolute atomic E-state index is 0.0625. The molecule has 1 aliphatic heterocycles. The summed E-state index contributed by atoms with van der Waals surface area (Å²) in [6.07, 6.45) is 7.65. The van der Waals surface area contributed by atoms with Gasteiger partial charge in [0.05, 0.1) is 6.54 Å². The summed E-state index contributed by atoms with van der Waals surface area (Å²) in [5.74, 6) is 0. The number of hydrogen-bond acceptors (Lipinski definition) is 4. The van der Waals surface area contributed by atoms with Crippen LogP contribution in [0, 0.1) is 11.5 Å². The maximum atomic E-state index is 11.1. The van der Waals surface area contributed by atoms with Crippen LogP contribution >= 0.6 is 0 Å². The zero-order valence-corrected chi connectivity index (χ0v) is 7.37. The van der Waals surface area contributed by atoms with Crippen molar-refractivity contribution in [2.45, 2.75) is 0 Å². The molecule has 12 heavy (non-hydrogen) atoms. The van der Waals surface area contributed by atoms with Gasteiger partial charge in [-0.1, -0.05) is 12.2 Å². The summed E-state index contributed by atoms with van der Waals surface area (Å²) >= 11 is 0. The molecule has 0 saturated heterocycles. The van der Waals surface area contributed by atoms with E-state index in [1.807, 2.05) is 0 Å². The van der Waals surface area contributed by atoms with Crippen LogP contribution in [0.15, 0.2) is 23.3 Å². The summed E-state index contributed by atoms with van der Waals surface area (Å²) in [5, 5.41) is 8.62. The van der Waals surface area contributed by atoms with Crippen LogP contribution in [-0.4, -0.2) is 26.1 Å². The molecule has 0 aromatic carbocycles. The van der Waals surface area contributed by atoms with E-state index in [1.165, 1.54) is 6.08 Å². The minimum atomic E-state index is -3.27. The molecule has 0 aliphatic carbocycles. The Morgan fingerprint density at radius 3 is 2.75 bits per heavy atom. The highest BCUT2D eigenvalue weighted by atomic mass is 32.2. The molecule has 0 aromatic heterocycles. The summed E-state index contributed by atoms with van der Waals surface area (Å²) in [6, 6.07) is 0. The lowest BCUT2D eigenvalue weighted by Crippen LogP contribution is -2.24. The Bertz CT molecular complexity index is 373. The Balaban J connectivity index is 3.11. The molecule has 64 valence electrons. The Hall–Kier alpha value is -1.28. The Morgan fingerprint density at radius 1 is 1.67 bits per heavy atom. The van der Waals surface area contributed by atoms with Crippen molar-refractivity contribution in [1.82, 2.24) is 4.90 Å². The molecule has 0 radical (unpaired) electrons. The van der Waals surface area contributed by atoms with Crippen LogP contribution in [0.25, 0.3) is 0 Å². The Morgan fingerprint density at radius 2 is 2.33 bits per heavy atom. The predicted octanol–water partition coefficient (Wildman–Crippen LogP) is 0.225. The van der Waals surface area contributed by atoms with Crippen molar-refractivity contribution in [1.29, 1.82) is 5.26 Å². The summed E-state index contributed by atoms with van der Waals surface area (Å²) in [6.45, 7) is 0.329. The van der Waals surface area contributed by atoms with Crippen LogP contribution in [-0.2, 0) is 9.84 Å². The van der Waals surface area contributed by atoms with Gasteiger partial charge in [-0.25, -0.2) is 8.42 Å². The molecular weight excluding hydrogens is 176 g/mol. The lowest BCUT2D eigenvalue weighted by atomic mass is 10.4. The third-order valence-corrected chi connectivity index (χ3v) is 2.55. The molecule has 0 spiro atoms. The highest BCUT2D eigenvalue weighted by Crippen LogP contribution is 2.13. The Kier molecular flexibility index (Phi) is 2.20. The second kappa shape index (κ2) is 2.99. The maximum absolute atomic E-state index is 11.1. The summed E-state index contributed by atoms with van der Waals surface area (Å²) < 4.78 is 22.1. The first-order valence-corrected chi connectivity index (χ1v) is 5.19. The van der Waals surface area contributed by atoms with Crippen molar-refractivity contribution < 1.29 is 8.42 Å². The molecule has 0 fully saturated rings. The molecular formula is C7H8N2O2S. The average molecular weight is 184 g/mol. The number of sulfone groups is 1. The van der Waals surface area contributed by atoms with Crippen LogP contribution in [0.1, 0.15) is 0 Å². The van der Waals surface area contributed by atoms with Crippen molar-refractivity contribution >= 4 is 9.84 Å². The van der Waals surface area contributed by atoms with Gasteiger partial charge in [0.25, 0.3) is 0 Å². The zero-order valence-electron chi connectivity index (χ0n) is 6.56. The second-order valence-electron chi connectivity index (χ2n) is 2.42. The minimum Gasteiger partial charge on any atom is -0.265 e. The number of rotatable bonds is 1. The summed E-state index contributed by atoms with van der Waals surface area (Å²) in [5.41, 5.74) is 0. The van der Waals surface area contributed by atoms with Crippen molar-refractivity contribution in [2.24, 2.45) is 0 Å². The Labute approximate surface area is 71.3 Å². The second-order valence-corrected chi connectivity index (χ2v) is 4.38. The van der Waals surface area contributed by atoms with Crippen molar-refractivity contribution in [3.63, 3.8) is 0 Å². The van der Waals surface area contributed by atoms with E-state index in [0.717, 1.165) is 11.2 Å². The average Bonchev–Trinajstić information content (AvgIpc) is 2.03. The molecule has 5 heteroatoms. The summed E-state index contributed by atoms with van der Waals surface area (Å²) in [4.78, 5) is 1.13. The van der Waals surface area contributed by atoms with Gasteiger partial charge in [-0.05, 0) is 6.08 Å². The summed E-state index contributed by atoms with van der Waals surface area (Å²) in [7, 11) is -3.27. The van der Waals surface area contributed by atoms with Crippen LogP contribution in [0.4, 0.5) is 0 Å². The molecule has 0 N–H and O–H groups in total. The number of nitriles is 1. The lowest BCUT2D eigenvalue weighted by molar-refractivity contribution is 0.537. The quantitative estimate of drug-likeness (QED) is 0.547. The molecule has 0 amide bonds. The molecule has 0 aromatic rings. The van der Waals surface area contributed by atoms with Gasteiger partial charge in [0, 0.05) is 6.26 Å². The number of allylic oxidation sites excluding steroid dienone is 2. The van der Waals surface area contributed by atoms with Gasteiger partial charge in [0.2, 0.25) is 0 Å². The molecule has 1 aliphatic rings. The van der Waals surface area contributed by atoms with Gasteiger partial charge >= 0.3 is 0 Å². The molecule has 0 saturated carbocycles. The van der Waals surface area contributed by atoms with Gasteiger partial charge in [-0.2, -0.15) is 5.26 Å². The topological polar surface area (TPSA) is 61.2 Å². The van der Waals surface area contributed by atoms with Crippen LogP contribution in [0.3, 0.4) is 0 Å². The van der Waals surface area contributed by atoms with Gasteiger partial charge in [-0.3, -0.25) is 4.90 Å². The first-order valence-electron chi connectivity index (χ1n) is 3.30. The van der Waals surface area contributed by atoms with Crippen molar-refractivity contribution in [3.05, 3.63) is 23.3 Å². The van der Waals surface area contributed by atoms with Gasteiger partial charge < -0.3 is 0 Å². The largest absolute Gasteiger partial charge is 0.265 e. The number of nitrogens with zero attached hydrogens (tertiary/aromatic N) is 2. The monoisotopic (exact) mass is 184 g/mol. The SMILES string of the molecule is CS(=O)(=O)C1=CC=CCN1C#N. The first-order chi connectivity index (χ1) is 5.55. The van der Waals surface area contributed by atoms with E-state index in [-0.39, 0.29) is 5.03 Å². The smallest absolute Gasteiger partial charge is 0.191 e. The van der Waals surface area contributed by atoms with Crippen molar-refractivity contribution in [3.8, 4) is 6.19 Å². The fourth-order valence-corrected chi connectivity index (χ4v) is 1.75. The van der Waals surface area contributed by atoms with Crippen molar-refractivity contribution in [2.75, 3.05) is 12.8 Å². The van der Waals surface area contributed by atoms with E-state index < -0.39 is 9.84 Å². The lowest BCUT2D eigenvalue weighted by Gasteiger charge is -2.17. The highest BCUT2D eigenvalue weighted by molar-refractivity contribution is 7.94. The molecule has 0 unspecified atom stereocenters. The third kappa shape index (κ3) is 1.66. The van der Waals surface area contributed by atoms with Crippen LogP contribution < -0.4 is 0 Å². The predicted molar refractivity (Wildman–Crippen MR) is 44.4 cm³/mol. The third-order valence-electron chi connectivity index (χ3n) is 1.43. The van der Waals surface area contributed by atoms with Gasteiger partial charge in [-0.15, -0.1) is 0 Å². The standard InChI is InChI=1S/C7H8N2O2S/c1-12(10,11)7-4-2-3-5-9(7)6-8/h2-4H,5H2,1H3. The fourth-order valence-electron chi connectivity index (χ4n) is 0.910. The van der Waals surface area contributed by atoms with E-state index in [9.17, 15) is 8.42 Å². The number of hydrogen-bond donors (Lipinski definition) is 0. The normalized spacial score (nSPS) is 17.0. The zero-order chi connectivity index (χ0) is 9.19. The molecule has 0 bridgehead atoms. The van der Waals surface area contributed by atoms with Crippen LogP contribution in [0.2, 0.25) is 0 Å². The van der Waals surface area contributed by atoms with E-state index in [2.05, 4.69) is 0 Å². The van der Waals surface area contributed by atoms with E-state index >= 15 is 0 Å². The molecule has 1 rings (SSSR count). The van der Waals surface area contributed by atoms with E-state index in [0.29, 0.717) is 6.54 Å².